The average Bonchev–Trinajstić information content (AvgIpc) is 2.52. The molecule has 0 fully saturated rings. The van der Waals surface area contributed by atoms with Gasteiger partial charge in [0.15, 0.2) is 5.75 Å². The highest BCUT2D eigenvalue weighted by atomic mass is 35.5. The van der Waals surface area contributed by atoms with E-state index < -0.39 is 15.8 Å². The third kappa shape index (κ3) is 4.77. The molecule has 130 valence electrons. The first kappa shape index (κ1) is 18.9. The van der Waals surface area contributed by atoms with Crippen molar-refractivity contribution < 1.29 is 18.3 Å². The van der Waals surface area contributed by atoms with Crippen molar-refractivity contribution in [3.05, 3.63) is 52.0 Å². The van der Waals surface area contributed by atoms with E-state index >= 15 is 0 Å². The zero-order valence-electron chi connectivity index (χ0n) is 12.9. The van der Waals surface area contributed by atoms with E-state index in [1.165, 1.54) is 6.07 Å². The number of sulfonamides is 1. The first-order valence-corrected chi connectivity index (χ1v) is 9.47. The van der Waals surface area contributed by atoms with Crippen LogP contribution in [0.15, 0.2) is 41.3 Å². The molecule has 0 radical (unpaired) electrons. The normalized spacial score (nSPS) is 11.5. The van der Waals surface area contributed by atoms with E-state index in [1.807, 2.05) is 31.2 Å². The van der Waals surface area contributed by atoms with Crippen LogP contribution in [0.4, 0.5) is 0 Å². The fraction of sp³-hybridized carbons (Fsp3) is 0.250. The molecule has 0 saturated heterocycles. The molecule has 5 nitrogen and oxygen atoms in total. The van der Waals surface area contributed by atoms with Crippen LogP contribution < -0.4 is 9.46 Å². The lowest BCUT2D eigenvalue weighted by Crippen LogP contribution is -2.26. The van der Waals surface area contributed by atoms with Gasteiger partial charge in [-0.3, -0.25) is 0 Å². The SMILES string of the molecule is CCOc1ccc(CCNS(=O)(=O)c2cc(Cl)cc(Cl)c2O)cc1. The summed E-state index contributed by atoms with van der Waals surface area (Å²) in [7, 11) is -3.92. The van der Waals surface area contributed by atoms with Crippen molar-refractivity contribution in [2.75, 3.05) is 13.2 Å². The highest BCUT2D eigenvalue weighted by molar-refractivity contribution is 7.89. The number of halogens is 2. The molecular weight excluding hydrogens is 373 g/mol. The number of ether oxygens (including phenoxy) is 1. The van der Waals surface area contributed by atoms with Crippen molar-refractivity contribution in [3.63, 3.8) is 0 Å². The number of hydrogen-bond donors (Lipinski definition) is 2. The molecule has 2 aromatic carbocycles. The Hall–Kier alpha value is -1.47. The Balaban J connectivity index is 2.03. The van der Waals surface area contributed by atoms with E-state index in [2.05, 4.69) is 4.72 Å². The van der Waals surface area contributed by atoms with Gasteiger partial charge in [0, 0.05) is 11.6 Å². The van der Waals surface area contributed by atoms with Crippen LogP contribution in [0.3, 0.4) is 0 Å². The zero-order chi connectivity index (χ0) is 17.7. The third-order valence-corrected chi connectivity index (χ3v) is 5.20. The first-order valence-electron chi connectivity index (χ1n) is 7.23. The monoisotopic (exact) mass is 389 g/mol. The standard InChI is InChI=1S/C16H17Cl2NO4S/c1-2-23-13-5-3-11(4-6-13)7-8-19-24(21,22)15-10-12(17)9-14(18)16(15)20/h3-6,9-10,19-20H,2,7-8H2,1H3. The predicted octanol–water partition coefficient (Wildman–Crippen LogP) is 3.62. The minimum absolute atomic E-state index is 0.116. The Morgan fingerprint density at radius 1 is 1.17 bits per heavy atom. The van der Waals surface area contributed by atoms with Crippen LogP contribution in [0.1, 0.15) is 12.5 Å². The molecule has 2 rings (SSSR count). The number of aromatic hydroxyl groups is 1. The number of nitrogens with one attached hydrogen (secondary N) is 1. The highest BCUT2D eigenvalue weighted by Crippen LogP contribution is 2.33. The maximum atomic E-state index is 12.3. The molecule has 2 N–H and O–H groups in total. The molecule has 0 spiro atoms. The van der Waals surface area contributed by atoms with Crippen LogP contribution in [-0.2, 0) is 16.4 Å². The van der Waals surface area contributed by atoms with Crippen LogP contribution >= 0.6 is 23.2 Å². The maximum absolute atomic E-state index is 12.3. The van der Waals surface area contributed by atoms with Gasteiger partial charge in [-0.25, -0.2) is 13.1 Å². The van der Waals surface area contributed by atoms with Crippen LogP contribution in [0, 0.1) is 0 Å². The third-order valence-electron chi connectivity index (χ3n) is 3.22. The quantitative estimate of drug-likeness (QED) is 0.757. The second-order valence-electron chi connectivity index (χ2n) is 4.96. The summed E-state index contributed by atoms with van der Waals surface area (Å²) in [5.41, 5.74) is 0.953. The number of phenolic OH excluding ortho intramolecular Hbond substituents is 1. The van der Waals surface area contributed by atoms with Crippen molar-refractivity contribution in [1.82, 2.24) is 4.72 Å². The predicted molar refractivity (Wildman–Crippen MR) is 94.6 cm³/mol. The summed E-state index contributed by atoms with van der Waals surface area (Å²) in [5.74, 6) is 0.245. The molecule has 0 unspecified atom stereocenters. The lowest BCUT2D eigenvalue weighted by molar-refractivity contribution is 0.340. The Morgan fingerprint density at radius 3 is 2.46 bits per heavy atom. The van der Waals surface area contributed by atoms with E-state index in [9.17, 15) is 13.5 Å². The molecule has 0 aliphatic carbocycles. The van der Waals surface area contributed by atoms with E-state index in [1.54, 1.807) is 0 Å². The fourth-order valence-corrected chi connectivity index (χ4v) is 3.86. The van der Waals surface area contributed by atoms with E-state index in [0.717, 1.165) is 17.4 Å². The van der Waals surface area contributed by atoms with Crippen molar-refractivity contribution in [2.45, 2.75) is 18.2 Å². The van der Waals surface area contributed by atoms with Gasteiger partial charge in [-0.1, -0.05) is 35.3 Å². The Labute approximate surface area is 151 Å². The van der Waals surface area contributed by atoms with E-state index in [0.29, 0.717) is 13.0 Å². The summed E-state index contributed by atoms with van der Waals surface area (Å²) in [6, 6.07) is 9.82. The zero-order valence-corrected chi connectivity index (χ0v) is 15.2. The molecular formula is C16H17Cl2NO4S. The van der Waals surface area contributed by atoms with Gasteiger partial charge in [0.05, 0.1) is 11.6 Å². The van der Waals surface area contributed by atoms with Gasteiger partial charge in [-0.15, -0.1) is 0 Å². The summed E-state index contributed by atoms with van der Waals surface area (Å²) in [4.78, 5) is -0.341. The molecule has 0 saturated carbocycles. The highest BCUT2D eigenvalue weighted by Gasteiger charge is 2.21. The fourth-order valence-electron chi connectivity index (χ4n) is 2.07. The second-order valence-corrected chi connectivity index (χ2v) is 7.54. The number of rotatable bonds is 7. The number of benzene rings is 2. The van der Waals surface area contributed by atoms with Gasteiger partial charge in [-0.05, 0) is 43.2 Å². The van der Waals surface area contributed by atoms with Crippen molar-refractivity contribution in [2.24, 2.45) is 0 Å². The molecule has 8 heteroatoms. The molecule has 2 aromatic rings. The summed E-state index contributed by atoms with van der Waals surface area (Å²) in [6.07, 6.45) is 0.487. The maximum Gasteiger partial charge on any atom is 0.244 e. The summed E-state index contributed by atoms with van der Waals surface area (Å²) in [5, 5.41) is 9.84. The average molecular weight is 390 g/mol. The van der Waals surface area contributed by atoms with Crippen molar-refractivity contribution >= 4 is 33.2 Å². The minimum Gasteiger partial charge on any atom is -0.505 e. The molecule has 0 aromatic heterocycles. The summed E-state index contributed by atoms with van der Waals surface area (Å²) < 4.78 is 32.3. The molecule has 0 aliphatic heterocycles. The Morgan fingerprint density at radius 2 is 1.83 bits per heavy atom. The number of hydrogen-bond acceptors (Lipinski definition) is 4. The van der Waals surface area contributed by atoms with Crippen molar-refractivity contribution in [1.29, 1.82) is 0 Å². The lowest BCUT2D eigenvalue weighted by atomic mass is 10.1. The lowest BCUT2D eigenvalue weighted by Gasteiger charge is -2.10. The summed E-state index contributed by atoms with van der Waals surface area (Å²) >= 11 is 11.6. The van der Waals surface area contributed by atoms with Gasteiger partial charge in [0.2, 0.25) is 10.0 Å². The molecule has 0 bridgehead atoms. The Bertz CT molecular complexity index is 808. The van der Waals surface area contributed by atoms with Gasteiger partial charge in [-0.2, -0.15) is 0 Å². The second kappa shape index (κ2) is 8.07. The molecule has 0 atom stereocenters. The first-order chi connectivity index (χ1) is 11.3. The van der Waals surface area contributed by atoms with Gasteiger partial charge in [0.1, 0.15) is 10.6 Å². The van der Waals surface area contributed by atoms with E-state index in [4.69, 9.17) is 27.9 Å². The van der Waals surface area contributed by atoms with Gasteiger partial charge in [0.25, 0.3) is 0 Å². The van der Waals surface area contributed by atoms with Crippen LogP contribution in [0.25, 0.3) is 0 Å². The number of phenols is 1. The molecule has 24 heavy (non-hydrogen) atoms. The van der Waals surface area contributed by atoms with Crippen LogP contribution in [0.5, 0.6) is 11.5 Å². The van der Waals surface area contributed by atoms with Crippen LogP contribution in [0.2, 0.25) is 10.0 Å². The molecule has 0 heterocycles. The van der Waals surface area contributed by atoms with Crippen LogP contribution in [-0.4, -0.2) is 26.7 Å². The molecule has 0 amide bonds. The van der Waals surface area contributed by atoms with Gasteiger partial charge < -0.3 is 9.84 Å². The van der Waals surface area contributed by atoms with Crippen molar-refractivity contribution in [3.8, 4) is 11.5 Å². The minimum atomic E-state index is -3.92. The smallest absolute Gasteiger partial charge is 0.244 e. The van der Waals surface area contributed by atoms with E-state index in [-0.39, 0.29) is 21.5 Å². The molecule has 0 aliphatic rings. The van der Waals surface area contributed by atoms with Gasteiger partial charge >= 0.3 is 0 Å². The Kier molecular flexibility index (Phi) is 6.34. The largest absolute Gasteiger partial charge is 0.505 e. The summed E-state index contributed by atoms with van der Waals surface area (Å²) in [6.45, 7) is 2.66. The topological polar surface area (TPSA) is 75.6 Å².